The molecule has 0 saturated carbocycles. The van der Waals surface area contributed by atoms with E-state index in [1.54, 1.807) is 0 Å². The molecule has 1 aliphatic heterocycles. The third kappa shape index (κ3) is 2.92. The monoisotopic (exact) mass is 267 g/mol. The second-order valence-corrected chi connectivity index (χ2v) is 6.56. The predicted molar refractivity (Wildman–Crippen MR) is 78.0 cm³/mol. The van der Waals surface area contributed by atoms with E-state index in [0.717, 1.165) is 13.0 Å². The highest BCUT2D eigenvalue weighted by molar-refractivity contribution is 7.11. The van der Waals surface area contributed by atoms with Gasteiger partial charge in [-0.1, -0.05) is 6.42 Å². The van der Waals surface area contributed by atoms with Gasteiger partial charge in [-0.15, -0.1) is 11.3 Å². The second-order valence-electron chi connectivity index (χ2n) is 5.32. The number of nitrogens with zero attached hydrogens (tertiary/aromatic N) is 2. The van der Waals surface area contributed by atoms with Crippen LogP contribution in [0.3, 0.4) is 0 Å². The van der Waals surface area contributed by atoms with E-state index in [1.165, 1.54) is 41.4 Å². The van der Waals surface area contributed by atoms with Crippen LogP contribution in [0.15, 0.2) is 0 Å². The van der Waals surface area contributed by atoms with Crippen LogP contribution in [0.5, 0.6) is 0 Å². The highest BCUT2D eigenvalue weighted by Crippen LogP contribution is 2.34. The Morgan fingerprint density at radius 2 is 2.22 bits per heavy atom. The molecule has 1 aromatic heterocycles. The van der Waals surface area contributed by atoms with Crippen LogP contribution < -0.4 is 5.73 Å². The Bertz CT molecular complexity index is 386. The average Bonchev–Trinajstić information content (AvgIpc) is 2.69. The zero-order valence-electron chi connectivity index (χ0n) is 11.8. The molecule has 2 heterocycles. The van der Waals surface area contributed by atoms with Crippen LogP contribution in [0.1, 0.15) is 54.2 Å². The Labute approximate surface area is 114 Å². The summed E-state index contributed by atoms with van der Waals surface area (Å²) >= 11 is 1.85. The minimum Gasteiger partial charge on any atom is -0.330 e. The molecule has 0 aliphatic carbocycles. The fourth-order valence-corrected chi connectivity index (χ4v) is 4.12. The Kier molecular flexibility index (Phi) is 4.76. The molecule has 3 nitrogen and oxygen atoms in total. The largest absolute Gasteiger partial charge is 0.330 e. The molecule has 1 fully saturated rings. The standard InChI is InChI=1S/C14H25N3S/c1-10-14(18-12(3)16-10)11(2)17-9-5-4-6-13(17)7-8-15/h11,13H,4-9,15H2,1-3H3. The molecular weight excluding hydrogens is 242 g/mol. The van der Waals surface area contributed by atoms with E-state index in [9.17, 15) is 0 Å². The summed E-state index contributed by atoms with van der Waals surface area (Å²) in [6.07, 6.45) is 5.11. The maximum absolute atomic E-state index is 5.76. The van der Waals surface area contributed by atoms with Crippen LogP contribution in [0.4, 0.5) is 0 Å². The first-order chi connectivity index (χ1) is 8.63. The number of likely N-dealkylation sites (tertiary alicyclic amines) is 1. The molecular formula is C14H25N3S. The molecule has 0 aromatic carbocycles. The van der Waals surface area contributed by atoms with Crippen LogP contribution in [-0.2, 0) is 0 Å². The molecule has 0 amide bonds. The van der Waals surface area contributed by atoms with Gasteiger partial charge < -0.3 is 5.73 Å². The number of aryl methyl sites for hydroxylation is 2. The van der Waals surface area contributed by atoms with Crippen molar-refractivity contribution in [1.82, 2.24) is 9.88 Å². The number of hydrogen-bond donors (Lipinski definition) is 1. The molecule has 1 saturated heterocycles. The lowest BCUT2D eigenvalue weighted by Gasteiger charge is -2.39. The minimum absolute atomic E-state index is 0.494. The van der Waals surface area contributed by atoms with Crippen molar-refractivity contribution in [2.24, 2.45) is 5.73 Å². The lowest BCUT2D eigenvalue weighted by Crippen LogP contribution is -2.42. The summed E-state index contributed by atoms with van der Waals surface area (Å²) in [4.78, 5) is 8.66. The van der Waals surface area contributed by atoms with Crippen molar-refractivity contribution < 1.29 is 0 Å². The van der Waals surface area contributed by atoms with E-state index in [0.29, 0.717) is 12.1 Å². The average molecular weight is 267 g/mol. The summed E-state index contributed by atoms with van der Waals surface area (Å²) in [6, 6.07) is 1.16. The number of rotatable bonds is 4. The van der Waals surface area contributed by atoms with Crippen LogP contribution in [0, 0.1) is 13.8 Å². The molecule has 0 bridgehead atoms. The molecule has 4 heteroatoms. The van der Waals surface area contributed by atoms with Gasteiger partial charge in [-0.2, -0.15) is 0 Å². The number of piperidine rings is 1. The highest BCUT2D eigenvalue weighted by Gasteiger charge is 2.28. The van der Waals surface area contributed by atoms with Crippen LogP contribution in [-0.4, -0.2) is 29.0 Å². The summed E-state index contributed by atoms with van der Waals surface area (Å²) in [5.41, 5.74) is 6.97. The molecule has 1 aromatic rings. The summed E-state index contributed by atoms with van der Waals surface area (Å²) in [6.45, 7) is 8.57. The van der Waals surface area contributed by atoms with E-state index >= 15 is 0 Å². The predicted octanol–water partition coefficient (Wildman–Crippen LogP) is 3.02. The molecule has 0 spiro atoms. The molecule has 2 rings (SSSR count). The van der Waals surface area contributed by atoms with Crippen molar-refractivity contribution in [2.75, 3.05) is 13.1 Å². The minimum atomic E-state index is 0.494. The Hall–Kier alpha value is -0.450. The summed E-state index contributed by atoms with van der Waals surface area (Å²) in [5.74, 6) is 0. The maximum atomic E-state index is 5.76. The fourth-order valence-electron chi connectivity index (χ4n) is 3.12. The number of nitrogens with two attached hydrogens (primary N) is 1. The second kappa shape index (κ2) is 6.13. The van der Waals surface area contributed by atoms with Crippen molar-refractivity contribution in [3.05, 3.63) is 15.6 Å². The van der Waals surface area contributed by atoms with Crippen LogP contribution >= 0.6 is 11.3 Å². The van der Waals surface area contributed by atoms with E-state index in [1.807, 2.05) is 11.3 Å². The molecule has 2 N–H and O–H groups in total. The van der Waals surface area contributed by atoms with Crippen molar-refractivity contribution in [3.8, 4) is 0 Å². The van der Waals surface area contributed by atoms with Crippen LogP contribution in [0.2, 0.25) is 0 Å². The first-order valence-corrected chi connectivity index (χ1v) is 7.85. The molecule has 1 aliphatic rings. The van der Waals surface area contributed by atoms with Crippen LogP contribution in [0.25, 0.3) is 0 Å². The van der Waals surface area contributed by atoms with Crippen molar-refractivity contribution in [2.45, 2.75) is 58.5 Å². The van der Waals surface area contributed by atoms with Gasteiger partial charge in [0.1, 0.15) is 0 Å². The van der Waals surface area contributed by atoms with E-state index in [2.05, 4.69) is 30.7 Å². The first-order valence-electron chi connectivity index (χ1n) is 7.03. The van der Waals surface area contributed by atoms with Gasteiger partial charge in [0.2, 0.25) is 0 Å². The molecule has 102 valence electrons. The smallest absolute Gasteiger partial charge is 0.0900 e. The van der Waals surface area contributed by atoms with Gasteiger partial charge in [0, 0.05) is 17.0 Å². The van der Waals surface area contributed by atoms with Crippen molar-refractivity contribution >= 4 is 11.3 Å². The first kappa shape index (κ1) is 14.0. The van der Waals surface area contributed by atoms with Gasteiger partial charge in [-0.05, 0) is 53.1 Å². The summed E-state index contributed by atoms with van der Waals surface area (Å²) in [7, 11) is 0. The quantitative estimate of drug-likeness (QED) is 0.912. The summed E-state index contributed by atoms with van der Waals surface area (Å²) < 4.78 is 0. The zero-order chi connectivity index (χ0) is 13.1. The van der Waals surface area contributed by atoms with E-state index in [4.69, 9.17) is 5.73 Å². The maximum Gasteiger partial charge on any atom is 0.0900 e. The molecule has 18 heavy (non-hydrogen) atoms. The summed E-state index contributed by atoms with van der Waals surface area (Å²) in [5, 5.41) is 1.18. The number of aromatic nitrogens is 1. The van der Waals surface area contributed by atoms with Gasteiger partial charge in [0.05, 0.1) is 10.7 Å². The topological polar surface area (TPSA) is 42.2 Å². The van der Waals surface area contributed by atoms with Gasteiger partial charge in [-0.3, -0.25) is 4.90 Å². The third-order valence-electron chi connectivity index (χ3n) is 3.99. The third-order valence-corrected chi connectivity index (χ3v) is 5.23. The molecule has 2 atom stereocenters. The Morgan fingerprint density at radius 3 is 2.83 bits per heavy atom. The van der Waals surface area contributed by atoms with E-state index < -0.39 is 0 Å². The van der Waals surface area contributed by atoms with Gasteiger partial charge in [-0.25, -0.2) is 4.98 Å². The van der Waals surface area contributed by atoms with Crippen molar-refractivity contribution in [1.29, 1.82) is 0 Å². The zero-order valence-corrected chi connectivity index (χ0v) is 12.6. The number of hydrogen-bond acceptors (Lipinski definition) is 4. The molecule has 2 unspecified atom stereocenters. The SMILES string of the molecule is Cc1nc(C)c(C(C)N2CCCCC2CCN)s1. The fraction of sp³-hybridized carbons (Fsp3) is 0.786. The normalized spacial score (nSPS) is 23.2. The van der Waals surface area contributed by atoms with Gasteiger partial charge >= 0.3 is 0 Å². The van der Waals surface area contributed by atoms with E-state index in [-0.39, 0.29) is 0 Å². The van der Waals surface area contributed by atoms with Crippen molar-refractivity contribution in [3.63, 3.8) is 0 Å². The molecule has 0 radical (unpaired) electrons. The highest BCUT2D eigenvalue weighted by atomic mass is 32.1. The lowest BCUT2D eigenvalue weighted by molar-refractivity contribution is 0.0997. The lowest BCUT2D eigenvalue weighted by atomic mass is 9.97. The van der Waals surface area contributed by atoms with Gasteiger partial charge in [0.15, 0.2) is 0 Å². The Morgan fingerprint density at radius 1 is 1.44 bits per heavy atom. The van der Waals surface area contributed by atoms with Gasteiger partial charge in [0.25, 0.3) is 0 Å². The number of thiazole rings is 1. The Balaban J connectivity index is 2.15.